The number of carbonyl (C=O) groups is 1. The number of aryl methyl sites for hydroxylation is 2. The molecule has 1 unspecified atom stereocenters. The third-order valence-corrected chi connectivity index (χ3v) is 2.66. The Morgan fingerprint density at radius 3 is 2.67 bits per heavy atom. The van der Waals surface area contributed by atoms with E-state index in [0.29, 0.717) is 23.4 Å². The minimum atomic E-state index is -0.490. The van der Waals surface area contributed by atoms with Gasteiger partial charge in [-0.2, -0.15) is 15.5 Å². The summed E-state index contributed by atoms with van der Waals surface area (Å²) in [4.78, 5) is 12.1. The normalized spacial score (nSPS) is 12.0. The third-order valence-electron chi connectivity index (χ3n) is 2.66. The Kier molecular flexibility index (Phi) is 4.78. The molecule has 0 aromatic carbocycles. The summed E-state index contributed by atoms with van der Waals surface area (Å²) in [5.41, 5.74) is 1.85. The van der Waals surface area contributed by atoms with Gasteiger partial charge in [-0.1, -0.05) is 20.8 Å². The van der Waals surface area contributed by atoms with Crippen molar-refractivity contribution in [3.05, 3.63) is 23.0 Å². The minimum Gasteiger partial charge on any atom is -0.336 e. The first kappa shape index (κ1) is 14.1. The molecular weight excluding hydrogens is 228 g/mol. The zero-order valence-corrected chi connectivity index (χ0v) is 11.2. The van der Waals surface area contributed by atoms with Crippen LogP contribution in [0.15, 0.2) is 6.07 Å². The Morgan fingerprint density at radius 2 is 2.17 bits per heavy atom. The molecule has 1 amide bonds. The van der Waals surface area contributed by atoms with Crippen molar-refractivity contribution in [2.24, 2.45) is 5.92 Å². The van der Waals surface area contributed by atoms with Gasteiger partial charge in [0, 0.05) is 0 Å². The minimum absolute atomic E-state index is 0.0694. The lowest BCUT2D eigenvalue weighted by Crippen LogP contribution is -2.38. The number of nitrogens with one attached hydrogen (secondary N) is 1. The zero-order chi connectivity index (χ0) is 13.7. The second-order valence-electron chi connectivity index (χ2n) is 4.52. The highest BCUT2D eigenvalue weighted by Crippen LogP contribution is 2.09. The van der Waals surface area contributed by atoms with Crippen LogP contribution >= 0.6 is 0 Å². The van der Waals surface area contributed by atoms with Crippen molar-refractivity contribution in [2.45, 2.75) is 40.2 Å². The van der Waals surface area contributed by atoms with E-state index in [1.54, 1.807) is 13.0 Å². The fourth-order valence-electron chi connectivity index (χ4n) is 1.54. The van der Waals surface area contributed by atoms with Gasteiger partial charge in [0.1, 0.15) is 6.04 Å². The van der Waals surface area contributed by atoms with E-state index < -0.39 is 6.04 Å². The standard InChI is InChI=1S/C13H18N4O/c1-5-11-10(6-9(4)16-17-11)13(18)15-12(7-14)8(2)3/h6,8,12H,5H2,1-4H3,(H,15,18). The van der Waals surface area contributed by atoms with E-state index >= 15 is 0 Å². The van der Waals surface area contributed by atoms with Crippen LogP contribution in [0.4, 0.5) is 0 Å². The average Bonchev–Trinajstić information content (AvgIpc) is 2.35. The molecule has 0 saturated carbocycles. The summed E-state index contributed by atoms with van der Waals surface area (Å²) in [7, 11) is 0. The van der Waals surface area contributed by atoms with Crippen molar-refractivity contribution in [1.82, 2.24) is 15.5 Å². The van der Waals surface area contributed by atoms with Gasteiger partial charge in [0.25, 0.3) is 5.91 Å². The van der Waals surface area contributed by atoms with Gasteiger partial charge in [0.15, 0.2) is 0 Å². The Labute approximate surface area is 107 Å². The molecule has 1 aromatic heterocycles. The molecular formula is C13H18N4O. The summed E-state index contributed by atoms with van der Waals surface area (Å²) in [6.07, 6.45) is 0.634. The van der Waals surface area contributed by atoms with Gasteiger partial charge in [-0.05, 0) is 25.3 Å². The quantitative estimate of drug-likeness (QED) is 0.875. The molecule has 18 heavy (non-hydrogen) atoms. The number of aromatic nitrogens is 2. The van der Waals surface area contributed by atoms with Crippen molar-refractivity contribution in [1.29, 1.82) is 5.26 Å². The van der Waals surface area contributed by atoms with Crippen LogP contribution in [-0.4, -0.2) is 22.1 Å². The maximum Gasteiger partial charge on any atom is 0.254 e. The average molecular weight is 246 g/mol. The lowest BCUT2D eigenvalue weighted by Gasteiger charge is -2.15. The highest BCUT2D eigenvalue weighted by atomic mass is 16.1. The van der Waals surface area contributed by atoms with Crippen molar-refractivity contribution in [3.63, 3.8) is 0 Å². The number of rotatable bonds is 4. The number of nitrogens with zero attached hydrogens (tertiary/aromatic N) is 3. The smallest absolute Gasteiger partial charge is 0.254 e. The Balaban J connectivity index is 2.97. The second-order valence-corrected chi connectivity index (χ2v) is 4.52. The molecule has 0 fully saturated rings. The zero-order valence-electron chi connectivity index (χ0n) is 11.2. The molecule has 0 bridgehead atoms. The number of hydrogen-bond acceptors (Lipinski definition) is 4. The summed E-state index contributed by atoms with van der Waals surface area (Å²) in [5, 5.41) is 19.6. The topological polar surface area (TPSA) is 78.7 Å². The molecule has 0 spiro atoms. The van der Waals surface area contributed by atoms with Crippen molar-refractivity contribution in [2.75, 3.05) is 0 Å². The van der Waals surface area contributed by atoms with Crippen LogP contribution < -0.4 is 5.32 Å². The lowest BCUT2D eigenvalue weighted by atomic mass is 10.0. The summed E-state index contributed by atoms with van der Waals surface area (Å²) in [6.45, 7) is 7.49. The van der Waals surface area contributed by atoms with Crippen LogP contribution in [0.2, 0.25) is 0 Å². The predicted molar refractivity (Wildman–Crippen MR) is 67.9 cm³/mol. The highest BCUT2D eigenvalue weighted by molar-refractivity contribution is 5.95. The van der Waals surface area contributed by atoms with E-state index in [1.165, 1.54) is 0 Å². The maximum atomic E-state index is 12.1. The van der Waals surface area contributed by atoms with E-state index in [1.807, 2.05) is 20.8 Å². The van der Waals surface area contributed by atoms with Crippen LogP contribution in [0, 0.1) is 24.2 Å². The van der Waals surface area contributed by atoms with E-state index in [2.05, 4.69) is 21.6 Å². The van der Waals surface area contributed by atoms with Gasteiger partial charge in [0.2, 0.25) is 0 Å². The molecule has 0 radical (unpaired) electrons. The van der Waals surface area contributed by atoms with Crippen LogP contribution in [-0.2, 0) is 6.42 Å². The van der Waals surface area contributed by atoms with E-state index in [0.717, 1.165) is 0 Å². The van der Waals surface area contributed by atoms with Crippen LogP contribution in [0.3, 0.4) is 0 Å². The molecule has 0 aliphatic rings. The number of hydrogen-bond donors (Lipinski definition) is 1. The van der Waals surface area contributed by atoms with Crippen LogP contribution in [0.5, 0.6) is 0 Å². The van der Waals surface area contributed by atoms with Gasteiger partial charge < -0.3 is 5.32 Å². The molecule has 1 heterocycles. The molecule has 0 aliphatic carbocycles. The van der Waals surface area contributed by atoms with Crippen molar-refractivity contribution in [3.8, 4) is 6.07 Å². The van der Waals surface area contributed by atoms with E-state index in [4.69, 9.17) is 5.26 Å². The lowest BCUT2D eigenvalue weighted by molar-refractivity contribution is 0.0936. The van der Waals surface area contributed by atoms with Gasteiger partial charge >= 0.3 is 0 Å². The summed E-state index contributed by atoms with van der Waals surface area (Å²) in [5.74, 6) is -0.190. The van der Waals surface area contributed by atoms with E-state index in [-0.39, 0.29) is 11.8 Å². The fraction of sp³-hybridized carbons (Fsp3) is 0.538. The van der Waals surface area contributed by atoms with Gasteiger partial charge in [-0.15, -0.1) is 0 Å². The first-order valence-corrected chi connectivity index (χ1v) is 6.03. The van der Waals surface area contributed by atoms with Gasteiger partial charge in [-0.25, -0.2) is 0 Å². The SMILES string of the molecule is CCc1nnc(C)cc1C(=O)NC(C#N)C(C)C. The molecule has 1 N–H and O–H groups in total. The van der Waals surface area contributed by atoms with Gasteiger partial charge in [0.05, 0.1) is 23.0 Å². The summed E-state index contributed by atoms with van der Waals surface area (Å²) >= 11 is 0. The summed E-state index contributed by atoms with van der Waals surface area (Å²) < 4.78 is 0. The van der Waals surface area contributed by atoms with Gasteiger partial charge in [-0.3, -0.25) is 4.79 Å². The molecule has 5 heteroatoms. The monoisotopic (exact) mass is 246 g/mol. The Bertz CT molecular complexity index is 476. The molecule has 0 aliphatic heterocycles. The Hall–Kier alpha value is -1.96. The third kappa shape index (κ3) is 3.27. The fourth-order valence-corrected chi connectivity index (χ4v) is 1.54. The Morgan fingerprint density at radius 1 is 1.50 bits per heavy atom. The highest BCUT2D eigenvalue weighted by Gasteiger charge is 2.19. The molecule has 1 atom stereocenters. The molecule has 5 nitrogen and oxygen atoms in total. The van der Waals surface area contributed by atoms with Crippen molar-refractivity contribution < 1.29 is 4.79 Å². The van der Waals surface area contributed by atoms with Crippen molar-refractivity contribution >= 4 is 5.91 Å². The maximum absolute atomic E-state index is 12.1. The predicted octanol–water partition coefficient (Wildman–Crippen LogP) is 1.63. The van der Waals surface area contributed by atoms with Crippen LogP contribution in [0.25, 0.3) is 0 Å². The summed E-state index contributed by atoms with van der Waals surface area (Å²) in [6, 6.07) is 3.30. The number of amides is 1. The first-order chi connectivity index (χ1) is 8.49. The number of nitriles is 1. The van der Waals surface area contributed by atoms with Crippen LogP contribution in [0.1, 0.15) is 42.5 Å². The molecule has 1 aromatic rings. The molecule has 0 saturated heterocycles. The first-order valence-electron chi connectivity index (χ1n) is 6.03. The van der Waals surface area contributed by atoms with E-state index in [9.17, 15) is 4.79 Å². The second kappa shape index (κ2) is 6.10. The molecule has 1 rings (SSSR count). The molecule has 96 valence electrons. The largest absolute Gasteiger partial charge is 0.336 e. The number of carbonyl (C=O) groups excluding carboxylic acids is 1.